The van der Waals surface area contributed by atoms with Gasteiger partial charge in [0.2, 0.25) is 0 Å². The summed E-state index contributed by atoms with van der Waals surface area (Å²) in [6, 6.07) is 40.0. The van der Waals surface area contributed by atoms with Crippen LogP contribution in [0.25, 0.3) is 33.7 Å². The summed E-state index contributed by atoms with van der Waals surface area (Å²) in [6.45, 7) is 4.41. The summed E-state index contributed by atoms with van der Waals surface area (Å²) in [5.74, 6) is 0.590. The zero-order chi connectivity index (χ0) is 31.2. The van der Waals surface area contributed by atoms with Gasteiger partial charge in [0.15, 0.2) is 0 Å². The Kier molecular flexibility index (Phi) is 10.7. The van der Waals surface area contributed by atoms with Crippen LogP contribution in [0.5, 0.6) is 0 Å². The summed E-state index contributed by atoms with van der Waals surface area (Å²) in [5, 5.41) is 5.56. The molecule has 0 aliphatic heterocycles. The van der Waals surface area contributed by atoms with Crippen molar-refractivity contribution in [3.8, 4) is 0 Å². The van der Waals surface area contributed by atoms with Gasteiger partial charge in [0.25, 0.3) is 0 Å². The van der Waals surface area contributed by atoms with E-state index in [9.17, 15) is 0 Å². The fourth-order valence-corrected chi connectivity index (χ4v) is 7.09. The van der Waals surface area contributed by atoms with E-state index in [1.807, 2.05) is 0 Å². The second-order valence-electron chi connectivity index (χ2n) is 12.3. The van der Waals surface area contributed by atoms with Gasteiger partial charge < -0.3 is 0 Å². The fraction of sp³-hybridized carbons (Fsp3) is 0.190. The summed E-state index contributed by atoms with van der Waals surface area (Å²) < 4.78 is 0. The monoisotopic (exact) mass is 702 g/mol. The van der Waals surface area contributed by atoms with Gasteiger partial charge in [0.1, 0.15) is 0 Å². The molecule has 0 amide bonds. The van der Waals surface area contributed by atoms with Crippen LogP contribution in [0.2, 0.25) is 0 Å². The van der Waals surface area contributed by atoms with Gasteiger partial charge in [-0.05, 0) is 54.0 Å². The van der Waals surface area contributed by atoms with E-state index in [0.717, 1.165) is 19.3 Å². The zero-order valence-electron chi connectivity index (χ0n) is 26.0. The number of hydrogen-bond donors (Lipinski definition) is 0. The molecule has 6 aromatic rings. The third-order valence-electron chi connectivity index (χ3n) is 9.21. The second kappa shape index (κ2) is 15.1. The Morgan fingerprint density at radius 1 is 0.800 bits per heavy atom. The molecular weight excluding hydrogens is 667 g/mol. The summed E-state index contributed by atoms with van der Waals surface area (Å²) >= 11 is -0.826. The Morgan fingerprint density at radius 3 is 2.42 bits per heavy atom. The third-order valence-corrected chi connectivity index (χ3v) is 9.21. The maximum absolute atomic E-state index is 4.93. The Morgan fingerprint density at radius 2 is 1.53 bits per heavy atom. The van der Waals surface area contributed by atoms with E-state index in [1.54, 1.807) is 11.1 Å². The maximum atomic E-state index is 4.93. The van der Waals surface area contributed by atoms with Crippen LogP contribution >= 0.6 is 17.0 Å². The second-order valence-corrected chi connectivity index (χ2v) is 16.0. The van der Waals surface area contributed by atoms with Crippen molar-refractivity contribution in [3.63, 3.8) is 0 Å². The van der Waals surface area contributed by atoms with E-state index >= 15 is 0 Å². The van der Waals surface area contributed by atoms with Gasteiger partial charge in [-0.3, -0.25) is 0 Å². The summed E-state index contributed by atoms with van der Waals surface area (Å²) in [7, 11) is 9.87. The van der Waals surface area contributed by atoms with E-state index in [1.165, 1.54) is 73.3 Å². The molecule has 0 radical (unpaired) electrons. The number of benzene rings is 4. The number of hydrogen-bond acceptors (Lipinski definition) is 0. The molecule has 0 aromatic heterocycles. The van der Waals surface area contributed by atoms with Gasteiger partial charge in [0, 0.05) is 5.92 Å². The SMILES string of the molecule is CC1=Cc2cccc(CCC3C=Cc4ccccc43)c2C1.Cc1cc2cccc(CC[c-]3ccc4ccccc43)c2[cH-]1.[Cl][Zr][Cl]. The van der Waals surface area contributed by atoms with Crippen molar-refractivity contribution in [2.24, 2.45) is 0 Å². The van der Waals surface area contributed by atoms with Crippen LogP contribution < -0.4 is 0 Å². The van der Waals surface area contributed by atoms with Crippen LogP contribution in [0.4, 0.5) is 0 Å². The predicted molar refractivity (Wildman–Crippen MR) is 193 cm³/mol. The van der Waals surface area contributed by atoms with E-state index < -0.39 is 20.8 Å². The average Bonchev–Trinajstić information content (AvgIpc) is 3.84. The van der Waals surface area contributed by atoms with Crippen molar-refractivity contribution in [1.82, 2.24) is 0 Å². The van der Waals surface area contributed by atoms with Crippen molar-refractivity contribution < 1.29 is 20.8 Å². The molecule has 226 valence electrons. The molecule has 0 heterocycles. The zero-order valence-corrected chi connectivity index (χ0v) is 30.0. The molecule has 0 saturated carbocycles. The summed E-state index contributed by atoms with van der Waals surface area (Å²) in [5.41, 5.74) is 13.2. The van der Waals surface area contributed by atoms with Gasteiger partial charge in [-0.25, -0.2) is 0 Å². The number of allylic oxidation sites excluding steroid dienone is 2. The van der Waals surface area contributed by atoms with E-state index in [4.69, 9.17) is 17.0 Å². The van der Waals surface area contributed by atoms with Gasteiger partial charge in [-0.1, -0.05) is 98.2 Å². The van der Waals surface area contributed by atoms with Gasteiger partial charge in [-0.2, -0.15) is 12.1 Å². The molecule has 6 aromatic carbocycles. The molecule has 45 heavy (non-hydrogen) atoms. The van der Waals surface area contributed by atoms with Crippen LogP contribution in [0.1, 0.15) is 63.8 Å². The van der Waals surface area contributed by atoms with Crippen LogP contribution in [-0.2, 0) is 46.5 Å². The third kappa shape index (κ3) is 7.55. The summed E-state index contributed by atoms with van der Waals surface area (Å²) in [6.07, 6.45) is 12.7. The molecule has 0 saturated heterocycles. The number of fused-ring (bicyclic) bond motifs is 4. The molecule has 0 spiro atoms. The molecule has 3 heteroatoms. The quantitative estimate of drug-likeness (QED) is 0.151. The van der Waals surface area contributed by atoms with Crippen molar-refractivity contribution >= 4 is 50.7 Å². The van der Waals surface area contributed by atoms with Gasteiger partial charge in [-0.15, -0.1) is 80.7 Å². The first-order valence-electron chi connectivity index (χ1n) is 15.8. The standard InChI is InChI=1S/C21H20.C21H18.2ClH.Zr/c2*1-15-13-19-7-4-6-17(21(19)14-15)10-12-18-11-9-16-5-2-3-8-20(16)18;;;/h2-9,11,13,18H,10,12,14H2,1H3;2-9,11,13-14H,10,12H2,1H3;2*1H;/q;-2;;;+2/p-2. The first kappa shape index (κ1) is 32.0. The van der Waals surface area contributed by atoms with Gasteiger partial charge >= 0.3 is 37.9 Å². The fourth-order valence-electron chi connectivity index (χ4n) is 7.09. The predicted octanol–water partition coefficient (Wildman–Crippen LogP) is 12.3. The normalized spacial score (nSPS) is 14.3. The Labute approximate surface area is 286 Å². The molecule has 0 nitrogen and oxygen atoms in total. The van der Waals surface area contributed by atoms with Gasteiger partial charge in [0.05, 0.1) is 0 Å². The minimum atomic E-state index is -0.826. The molecule has 1 unspecified atom stereocenters. The van der Waals surface area contributed by atoms with Crippen LogP contribution in [0.15, 0.2) is 121 Å². The molecular formula is C42H38Cl2Zr-2. The van der Waals surface area contributed by atoms with Crippen molar-refractivity contribution in [1.29, 1.82) is 0 Å². The average molecular weight is 705 g/mol. The number of halogens is 2. The van der Waals surface area contributed by atoms with E-state index in [-0.39, 0.29) is 0 Å². The van der Waals surface area contributed by atoms with Crippen LogP contribution in [0.3, 0.4) is 0 Å². The number of aryl methyl sites for hydroxylation is 4. The molecule has 0 bridgehead atoms. The molecule has 1 atom stereocenters. The Balaban J connectivity index is 0.000000146. The first-order valence-corrected chi connectivity index (χ1v) is 22.2. The van der Waals surface area contributed by atoms with E-state index in [0.29, 0.717) is 5.92 Å². The number of rotatable bonds is 6. The molecule has 2 aliphatic carbocycles. The van der Waals surface area contributed by atoms with Crippen molar-refractivity contribution in [3.05, 3.63) is 165 Å². The van der Waals surface area contributed by atoms with Crippen LogP contribution in [0, 0.1) is 6.92 Å². The minimum absolute atomic E-state index is 0.590. The Hall–Kier alpha value is -2.96. The van der Waals surface area contributed by atoms with E-state index in [2.05, 4.69) is 141 Å². The van der Waals surface area contributed by atoms with Crippen LogP contribution in [-0.4, -0.2) is 0 Å². The molecule has 0 N–H and O–H groups in total. The van der Waals surface area contributed by atoms with Crippen molar-refractivity contribution in [2.45, 2.75) is 51.9 Å². The molecule has 2 aliphatic rings. The molecule has 8 rings (SSSR count). The first-order chi connectivity index (χ1) is 22.0. The molecule has 0 fully saturated rings. The Bertz CT molecular complexity index is 1970. The summed E-state index contributed by atoms with van der Waals surface area (Å²) in [4.78, 5) is 0. The van der Waals surface area contributed by atoms with Crippen molar-refractivity contribution in [2.75, 3.05) is 0 Å². The topological polar surface area (TPSA) is 0 Å².